The van der Waals surface area contributed by atoms with E-state index in [0.29, 0.717) is 0 Å². The summed E-state index contributed by atoms with van der Waals surface area (Å²) in [4.78, 5) is 23.2. The maximum Gasteiger partial charge on any atom is 0.414 e. The standard InChI is InChI=1S/C19H23ClN2.C2H2O4/c1-15-4-3-5-19(16(15)2)22-12-10-21(11-13-22)14-17-6-8-18(20)9-7-17;3-1(4)2(5)6/h3-9H,10-14H2,1-2H3;(H,3,4)(H,5,6). The topological polar surface area (TPSA) is 81.1 Å². The van der Waals surface area contributed by atoms with Gasteiger partial charge in [-0.3, -0.25) is 4.90 Å². The Morgan fingerprint density at radius 1 is 0.929 bits per heavy atom. The number of carboxylic acids is 2. The highest BCUT2D eigenvalue weighted by atomic mass is 35.5. The highest BCUT2D eigenvalue weighted by molar-refractivity contribution is 6.30. The van der Waals surface area contributed by atoms with Crippen molar-refractivity contribution in [1.82, 2.24) is 4.90 Å². The van der Waals surface area contributed by atoms with Crippen molar-refractivity contribution >= 4 is 29.2 Å². The van der Waals surface area contributed by atoms with Gasteiger partial charge in [-0.1, -0.05) is 35.9 Å². The molecular formula is C21H25ClN2O4. The van der Waals surface area contributed by atoms with Crippen LogP contribution in [-0.2, 0) is 16.1 Å². The van der Waals surface area contributed by atoms with Crippen LogP contribution in [0.2, 0.25) is 5.02 Å². The summed E-state index contributed by atoms with van der Waals surface area (Å²) in [5.74, 6) is -3.65. The van der Waals surface area contributed by atoms with Crippen LogP contribution in [0.3, 0.4) is 0 Å². The lowest BCUT2D eigenvalue weighted by atomic mass is 10.1. The summed E-state index contributed by atoms with van der Waals surface area (Å²) in [6.45, 7) is 9.83. The zero-order valence-electron chi connectivity index (χ0n) is 16.1. The van der Waals surface area contributed by atoms with Gasteiger partial charge in [0.2, 0.25) is 0 Å². The zero-order chi connectivity index (χ0) is 20.7. The molecule has 0 spiro atoms. The van der Waals surface area contributed by atoms with E-state index in [4.69, 9.17) is 31.4 Å². The van der Waals surface area contributed by atoms with Gasteiger partial charge >= 0.3 is 11.9 Å². The molecule has 0 amide bonds. The molecule has 28 heavy (non-hydrogen) atoms. The van der Waals surface area contributed by atoms with Crippen LogP contribution < -0.4 is 4.90 Å². The van der Waals surface area contributed by atoms with E-state index in [-0.39, 0.29) is 0 Å². The van der Waals surface area contributed by atoms with Gasteiger partial charge in [0.15, 0.2) is 0 Å². The maximum absolute atomic E-state index is 9.10. The molecule has 0 radical (unpaired) electrons. The van der Waals surface area contributed by atoms with E-state index in [1.807, 2.05) is 12.1 Å². The SMILES string of the molecule is Cc1cccc(N2CCN(Cc3ccc(Cl)cc3)CC2)c1C.O=C(O)C(=O)O. The molecule has 2 N–H and O–H groups in total. The van der Waals surface area contributed by atoms with Crippen molar-refractivity contribution in [2.24, 2.45) is 0 Å². The van der Waals surface area contributed by atoms with Crippen LogP contribution in [0, 0.1) is 13.8 Å². The Labute approximate surface area is 170 Å². The van der Waals surface area contributed by atoms with E-state index < -0.39 is 11.9 Å². The highest BCUT2D eigenvalue weighted by Gasteiger charge is 2.18. The normalized spacial score (nSPS) is 14.2. The highest BCUT2D eigenvalue weighted by Crippen LogP contribution is 2.24. The Balaban J connectivity index is 0.000000409. The Morgan fingerprint density at radius 3 is 2.04 bits per heavy atom. The van der Waals surface area contributed by atoms with E-state index in [1.54, 1.807) is 0 Å². The Morgan fingerprint density at radius 2 is 1.50 bits per heavy atom. The molecule has 2 aromatic carbocycles. The number of carboxylic acid groups (broad SMARTS) is 2. The first-order chi connectivity index (χ1) is 13.3. The smallest absolute Gasteiger partial charge is 0.414 e. The van der Waals surface area contributed by atoms with Gasteiger partial charge < -0.3 is 15.1 Å². The number of benzene rings is 2. The Bertz CT molecular complexity index is 804. The minimum atomic E-state index is -1.82. The number of aryl methyl sites for hydroxylation is 1. The molecule has 6 nitrogen and oxygen atoms in total. The Hall–Kier alpha value is -2.57. The van der Waals surface area contributed by atoms with Gasteiger partial charge in [-0.05, 0) is 48.7 Å². The van der Waals surface area contributed by atoms with E-state index >= 15 is 0 Å². The van der Waals surface area contributed by atoms with Crippen molar-refractivity contribution in [1.29, 1.82) is 0 Å². The second kappa shape index (κ2) is 10.1. The van der Waals surface area contributed by atoms with Crippen LogP contribution in [0.15, 0.2) is 42.5 Å². The number of anilines is 1. The first-order valence-electron chi connectivity index (χ1n) is 9.02. The summed E-state index contributed by atoms with van der Waals surface area (Å²) < 4.78 is 0. The first kappa shape index (κ1) is 21.7. The zero-order valence-corrected chi connectivity index (χ0v) is 16.8. The number of nitrogens with zero attached hydrogens (tertiary/aromatic N) is 2. The van der Waals surface area contributed by atoms with Crippen molar-refractivity contribution in [3.8, 4) is 0 Å². The third-order valence-corrected chi connectivity index (χ3v) is 5.04. The maximum atomic E-state index is 9.10. The summed E-state index contributed by atoms with van der Waals surface area (Å²) in [7, 11) is 0. The van der Waals surface area contributed by atoms with Crippen LogP contribution >= 0.6 is 11.6 Å². The van der Waals surface area contributed by atoms with E-state index in [2.05, 4.69) is 54.0 Å². The fourth-order valence-electron chi connectivity index (χ4n) is 3.07. The third kappa shape index (κ3) is 6.25. The molecule has 2 aromatic rings. The van der Waals surface area contributed by atoms with Crippen molar-refractivity contribution < 1.29 is 19.8 Å². The quantitative estimate of drug-likeness (QED) is 0.763. The summed E-state index contributed by atoms with van der Waals surface area (Å²) >= 11 is 5.95. The molecule has 0 saturated carbocycles. The van der Waals surface area contributed by atoms with Crippen LogP contribution in [0.4, 0.5) is 5.69 Å². The van der Waals surface area contributed by atoms with Crippen molar-refractivity contribution in [2.75, 3.05) is 31.1 Å². The van der Waals surface area contributed by atoms with Gasteiger partial charge in [0.05, 0.1) is 0 Å². The number of carbonyl (C=O) groups is 2. The van der Waals surface area contributed by atoms with Gasteiger partial charge in [-0.2, -0.15) is 0 Å². The Kier molecular flexibility index (Phi) is 7.84. The molecule has 0 atom stereocenters. The first-order valence-corrected chi connectivity index (χ1v) is 9.40. The fraction of sp³-hybridized carbons (Fsp3) is 0.333. The summed E-state index contributed by atoms with van der Waals surface area (Å²) in [5, 5.41) is 15.6. The van der Waals surface area contributed by atoms with Gasteiger partial charge in [-0.15, -0.1) is 0 Å². The molecule has 1 aliphatic heterocycles. The van der Waals surface area contributed by atoms with Crippen LogP contribution in [0.25, 0.3) is 0 Å². The summed E-state index contributed by atoms with van der Waals surface area (Å²) in [6.07, 6.45) is 0. The average Bonchev–Trinajstić information content (AvgIpc) is 2.67. The van der Waals surface area contributed by atoms with Gasteiger partial charge in [0.1, 0.15) is 0 Å². The lowest BCUT2D eigenvalue weighted by molar-refractivity contribution is -0.159. The molecule has 1 fully saturated rings. The lowest BCUT2D eigenvalue weighted by Gasteiger charge is -2.37. The molecule has 1 saturated heterocycles. The van der Waals surface area contributed by atoms with Crippen molar-refractivity contribution in [3.05, 3.63) is 64.2 Å². The minimum Gasteiger partial charge on any atom is -0.473 e. The molecule has 0 aromatic heterocycles. The molecule has 1 heterocycles. The number of piperazine rings is 1. The largest absolute Gasteiger partial charge is 0.473 e. The lowest BCUT2D eigenvalue weighted by Crippen LogP contribution is -2.46. The number of halogens is 1. The predicted molar refractivity (Wildman–Crippen MR) is 110 cm³/mol. The number of aliphatic carboxylic acids is 2. The fourth-order valence-corrected chi connectivity index (χ4v) is 3.20. The van der Waals surface area contributed by atoms with Crippen LogP contribution in [0.5, 0.6) is 0 Å². The molecule has 0 bridgehead atoms. The average molecular weight is 405 g/mol. The van der Waals surface area contributed by atoms with Gasteiger partial charge in [0.25, 0.3) is 0 Å². The molecule has 150 valence electrons. The van der Waals surface area contributed by atoms with Gasteiger partial charge in [0, 0.05) is 43.4 Å². The van der Waals surface area contributed by atoms with E-state index in [9.17, 15) is 0 Å². The molecule has 0 aliphatic carbocycles. The van der Waals surface area contributed by atoms with E-state index in [0.717, 1.165) is 37.7 Å². The molecule has 3 rings (SSSR count). The summed E-state index contributed by atoms with van der Waals surface area (Å²) in [5.41, 5.74) is 5.52. The second-order valence-electron chi connectivity index (χ2n) is 6.72. The molecule has 0 unspecified atom stereocenters. The minimum absolute atomic E-state index is 0.809. The molecular weight excluding hydrogens is 380 g/mol. The van der Waals surface area contributed by atoms with Gasteiger partial charge in [-0.25, -0.2) is 9.59 Å². The predicted octanol–water partition coefficient (Wildman–Crippen LogP) is 3.43. The number of rotatable bonds is 3. The van der Waals surface area contributed by atoms with E-state index in [1.165, 1.54) is 22.4 Å². The monoisotopic (exact) mass is 404 g/mol. The second-order valence-corrected chi connectivity index (χ2v) is 7.16. The number of hydrogen-bond acceptors (Lipinski definition) is 4. The molecule has 1 aliphatic rings. The van der Waals surface area contributed by atoms with Crippen molar-refractivity contribution in [2.45, 2.75) is 20.4 Å². The number of hydrogen-bond donors (Lipinski definition) is 2. The summed E-state index contributed by atoms with van der Waals surface area (Å²) in [6, 6.07) is 14.8. The van der Waals surface area contributed by atoms with Crippen LogP contribution in [0.1, 0.15) is 16.7 Å². The third-order valence-electron chi connectivity index (χ3n) is 4.79. The molecule has 7 heteroatoms. The van der Waals surface area contributed by atoms with Crippen molar-refractivity contribution in [3.63, 3.8) is 0 Å². The van der Waals surface area contributed by atoms with Crippen LogP contribution in [-0.4, -0.2) is 53.2 Å².